The van der Waals surface area contributed by atoms with Crippen LogP contribution in [0.25, 0.3) is 5.69 Å². The van der Waals surface area contributed by atoms with E-state index < -0.39 is 23.3 Å². The van der Waals surface area contributed by atoms with Gasteiger partial charge in [-0.3, -0.25) is 9.69 Å². The minimum Gasteiger partial charge on any atom is -0.319 e. The summed E-state index contributed by atoms with van der Waals surface area (Å²) < 4.78 is 14.8. The summed E-state index contributed by atoms with van der Waals surface area (Å²) in [5.41, 5.74) is 0.00487. The van der Waals surface area contributed by atoms with Gasteiger partial charge in [0.25, 0.3) is 5.91 Å². The molecule has 9 heteroatoms. The maximum Gasteiger partial charge on any atom is 0.325 e. The molecule has 4 rings (SSSR count). The van der Waals surface area contributed by atoms with Gasteiger partial charge in [0, 0.05) is 0 Å². The number of benzene rings is 2. The lowest BCUT2D eigenvalue weighted by Crippen LogP contribution is -2.43. The average molecular weight is 380 g/mol. The summed E-state index contributed by atoms with van der Waals surface area (Å²) in [6, 6.07) is 14.2. The molecule has 3 amide bonds. The molecule has 1 atom stereocenters. The minimum absolute atomic E-state index is 0.0878. The molecule has 2 aromatic carbocycles. The zero-order valence-corrected chi connectivity index (χ0v) is 15.0. The number of nitrogens with zero attached hydrogens (tertiary/aromatic N) is 5. The molecule has 1 aliphatic rings. The molecule has 0 saturated carbocycles. The van der Waals surface area contributed by atoms with Crippen LogP contribution >= 0.6 is 0 Å². The standard InChI is InChI=1S/C19H17FN6O2/c1-2-19(13-8-10-14(20)11-9-13)17(27)25(18(28)21-19)12-16-22-23-24-26(16)15-6-4-3-5-7-15/h3-11H,2,12H2,1H3,(H,21,28). The van der Waals surface area contributed by atoms with Crippen molar-refractivity contribution in [2.24, 2.45) is 0 Å². The van der Waals surface area contributed by atoms with Crippen molar-refractivity contribution in [1.29, 1.82) is 0 Å². The summed E-state index contributed by atoms with van der Waals surface area (Å²) >= 11 is 0. The average Bonchev–Trinajstić information content (AvgIpc) is 3.28. The first-order valence-corrected chi connectivity index (χ1v) is 8.78. The Hall–Kier alpha value is -3.62. The molecule has 0 aliphatic carbocycles. The van der Waals surface area contributed by atoms with Gasteiger partial charge in [-0.1, -0.05) is 37.3 Å². The minimum atomic E-state index is -1.24. The van der Waals surface area contributed by atoms with Gasteiger partial charge in [-0.25, -0.2) is 9.18 Å². The molecule has 1 aromatic heterocycles. The molecule has 1 aliphatic heterocycles. The highest BCUT2D eigenvalue weighted by Crippen LogP contribution is 2.33. The molecule has 1 N–H and O–H groups in total. The number of urea groups is 1. The van der Waals surface area contributed by atoms with Crippen LogP contribution in [-0.4, -0.2) is 37.0 Å². The van der Waals surface area contributed by atoms with Gasteiger partial charge in [-0.2, -0.15) is 4.68 Å². The van der Waals surface area contributed by atoms with Crippen LogP contribution in [0.15, 0.2) is 54.6 Å². The van der Waals surface area contributed by atoms with Crippen LogP contribution in [0, 0.1) is 5.82 Å². The van der Waals surface area contributed by atoms with E-state index in [0.717, 1.165) is 10.6 Å². The van der Waals surface area contributed by atoms with Crippen LogP contribution < -0.4 is 5.32 Å². The van der Waals surface area contributed by atoms with E-state index in [9.17, 15) is 14.0 Å². The maximum atomic E-state index is 13.3. The van der Waals surface area contributed by atoms with Crippen molar-refractivity contribution in [3.63, 3.8) is 0 Å². The van der Waals surface area contributed by atoms with Gasteiger partial charge in [-0.15, -0.1) is 5.10 Å². The van der Waals surface area contributed by atoms with Crippen LogP contribution in [0.2, 0.25) is 0 Å². The van der Waals surface area contributed by atoms with Crippen LogP contribution in [-0.2, 0) is 16.9 Å². The Morgan fingerprint density at radius 2 is 1.79 bits per heavy atom. The molecule has 0 spiro atoms. The predicted molar refractivity (Wildman–Crippen MR) is 96.6 cm³/mol. The predicted octanol–water partition coefficient (Wildman–Crippen LogP) is 2.16. The van der Waals surface area contributed by atoms with E-state index in [-0.39, 0.29) is 6.54 Å². The molecule has 142 valence electrons. The number of halogens is 1. The monoisotopic (exact) mass is 380 g/mol. The van der Waals surface area contributed by atoms with Crippen molar-refractivity contribution in [3.8, 4) is 5.69 Å². The van der Waals surface area contributed by atoms with Crippen molar-refractivity contribution < 1.29 is 14.0 Å². The zero-order valence-electron chi connectivity index (χ0n) is 15.0. The van der Waals surface area contributed by atoms with Crippen molar-refractivity contribution in [2.45, 2.75) is 25.4 Å². The maximum absolute atomic E-state index is 13.3. The summed E-state index contributed by atoms with van der Waals surface area (Å²) in [6.45, 7) is 1.70. The molecule has 3 aromatic rings. The van der Waals surface area contributed by atoms with E-state index in [1.807, 2.05) is 30.3 Å². The Bertz CT molecular complexity index is 1020. The first-order chi connectivity index (χ1) is 13.5. The van der Waals surface area contributed by atoms with Crippen LogP contribution in [0.5, 0.6) is 0 Å². The number of rotatable bonds is 5. The Kier molecular flexibility index (Phi) is 4.34. The number of amides is 3. The third-order valence-electron chi connectivity index (χ3n) is 4.88. The van der Waals surface area contributed by atoms with E-state index in [1.54, 1.807) is 6.92 Å². The van der Waals surface area contributed by atoms with E-state index >= 15 is 0 Å². The van der Waals surface area contributed by atoms with Gasteiger partial charge < -0.3 is 5.32 Å². The van der Waals surface area contributed by atoms with Crippen molar-refractivity contribution in [2.75, 3.05) is 0 Å². The Morgan fingerprint density at radius 1 is 1.07 bits per heavy atom. The fraction of sp³-hybridized carbons (Fsp3) is 0.211. The quantitative estimate of drug-likeness (QED) is 0.685. The molecule has 8 nitrogen and oxygen atoms in total. The number of hydrogen-bond donors (Lipinski definition) is 1. The molecule has 0 radical (unpaired) electrons. The first kappa shape index (κ1) is 17.8. The Morgan fingerprint density at radius 3 is 2.46 bits per heavy atom. The summed E-state index contributed by atoms with van der Waals surface area (Å²) in [6.07, 6.45) is 0.323. The van der Waals surface area contributed by atoms with E-state index in [4.69, 9.17) is 0 Å². The van der Waals surface area contributed by atoms with Gasteiger partial charge in [0.1, 0.15) is 11.4 Å². The Labute approximate surface area is 160 Å². The number of carbonyl (C=O) groups is 2. The van der Waals surface area contributed by atoms with Gasteiger partial charge >= 0.3 is 6.03 Å². The second-order valence-electron chi connectivity index (χ2n) is 6.43. The number of imide groups is 1. The number of carbonyl (C=O) groups excluding carboxylic acids is 2. The van der Waals surface area contributed by atoms with Crippen molar-refractivity contribution >= 4 is 11.9 Å². The molecule has 1 fully saturated rings. The molecule has 1 saturated heterocycles. The first-order valence-electron chi connectivity index (χ1n) is 8.78. The van der Waals surface area contributed by atoms with E-state index in [2.05, 4.69) is 20.8 Å². The highest BCUT2D eigenvalue weighted by Gasteiger charge is 2.51. The number of nitrogens with one attached hydrogen (secondary N) is 1. The highest BCUT2D eigenvalue weighted by atomic mass is 19.1. The molecular formula is C19H17FN6O2. The van der Waals surface area contributed by atoms with Gasteiger partial charge in [0.15, 0.2) is 5.82 Å². The second kappa shape index (κ2) is 6.84. The van der Waals surface area contributed by atoms with E-state index in [1.165, 1.54) is 28.9 Å². The van der Waals surface area contributed by atoms with Gasteiger partial charge in [0.2, 0.25) is 0 Å². The second-order valence-corrected chi connectivity index (χ2v) is 6.43. The number of para-hydroxylation sites is 1. The SMILES string of the molecule is CCC1(c2ccc(F)cc2)NC(=O)N(Cc2nnnn2-c2ccccc2)C1=O. The largest absolute Gasteiger partial charge is 0.325 e. The lowest BCUT2D eigenvalue weighted by atomic mass is 9.87. The lowest BCUT2D eigenvalue weighted by molar-refractivity contribution is -0.132. The zero-order chi connectivity index (χ0) is 19.7. The summed E-state index contributed by atoms with van der Waals surface area (Å²) in [5.74, 6) is -0.486. The topological polar surface area (TPSA) is 93.0 Å². The number of hydrogen-bond acceptors (Lipinski definition) is 5. The van der Waals surface area contributed by atoms with Crippen molar-refractivity contribution in [1.82, 2.24) is 30.4 Å². The normalized spacial score (nSPS) is 19.1. The third kappa shape index (κ3) is 2.81. The number of tetrazole rings is 1. The molecule has 0 bridgehead atoms. The lowest BCUT2D eigenvalue weighted by Gasteiger charge is -2.25. The van der Waals surface area contributed by atoms with Crippen LogP contribution in [0.3, 0.4) is 0 Å². The van der Waals surface area contributed by atoms with Crippen LogP contribution in [0.4, 0.5) is 9.18 Å². The number of aromatic nitrogens is 4. The molecule has 1 unspecified atom stereocenters. The van der Waals surface area contributed by atoms with Gasteiger partial charge in [0.05, 0.1) is 12.2 Å². The summed E-state index contributed by atoms with van der Waals surface area (Å²) in [5, 5.41) is 14.3. The summed E-state index contributed by atoms with van der Waals surface area (Å²) in [7, 11) is 0. The smallest absolute Gasteiger partial charge is 0.319 e. The fourth-order valence-corrected chi connectivity index (χ4v) is 3.36. The third-order valence-corrected chi connectivity index (χ3v) is 4.88. The van der Waals surface area contributed by atoms with Crippen LogP contribution in [0.1, 0.15) is 24.7 Å². The fourth-order valence-electron chi connectivity index (χ4n) is 3.36. The Balaban J connectivity index is 1.66. The van der Waals surface area contributed by atoms with E-state index in [0.29, 0.717) is 17.8 Å². The molecule has 2 heterocycles. The van der Waals surface area contributed by atoms with Gasteiger partial charge in [-0.05, 0) is 46.7 Å². The molecular weight excluding hydrogens is 363 g/mol. The summed E-state index contributed by atoms with van der Waals surface area (Å²) in [4.78, 5) is 26.9. The molecule has 28 heavy (non-hydrogen) atoms. The highest BCUT2D eigenvalue weighted by molar-refractivity contribution is 6.07. The van der Waals surface area contributed by atoms with Crippen molar-refractivity contribution in [3.05, 3.63) is 71.8 Å².